The molecular weight excluding hydrogens is 424 g/mol. The average Bonchev–Trinajstić information content (AvgIpc) is 3.09. The minimum atomic E-state index is -1.00. The standard InChI is InChI=1S/C25H20N2O6/c1-33-20-12-6-10-18(14-20)23(28)21-22(17-9-5-11-19(13-17)27(31)32)26(25(30)24(21)29)15-16-7-3-2-4-8-16/h2-14,22,28H,15H2,1H3/b23-21+. The zero-order valence-electron chi connectivity index (χ0n) is 17.7. The van der Waals surface area contributed by atoms with E-state index in [1.807, 2.05) is 30.3 Å². The first-order chi connectivity index (χ1) is 15.9. The van der Waals surface area contributed by atoms with E-state index in [1.165, 1.54) is 30.2 Å². The first kappa shape index (κ1) is 21.8. The van der Waals surface area contributed by atoms with Crippen LogP contribution in [-0.2, 0) is 16.1 Å². The summed E-state index contributed by atoms with van der Waals surface area (Å²) < 4.78 is 5.20. The van der Waals surface area contributed by atoms with Crippen LogP contribution in [0.25, 0.3) is 5.76 Å². The van der Waals surface area contributed by atoms with Gasteiger partial charge in [-0.3, -0.25) is 19.7 Å². The number of methoxy groups -OCH3 is 1. The number of rotatable bonds is 6. The largest absolute Gasteiger partial charge is 0.507 e. The SMILES string of the molecule is COc1cccc(/C(O)=C2\C(=O)C(=O)N(Cc3ccccc3)C2c2cccc([N+](=O)[O-])c2)c1. The quantitative estimate of drug-likeness (QED) is 0.200. The molecule has 0 bridgehead atoms. The van der Waals surface area contributed by atoms with E-state index < -0.39 is 22.7 Å². The number of carbonyl (C=O) groups is 2. The summed E-state index contributed by atoms with van der Waals surface area (Å²) in [5.74, 6) is -1.56. The Morgan fingerprint density at radius 3 is 2.45 bits per heavy atom. The number of hydrogen-bond acceptors (Lipinski definition) is 6. The Bertz CT molecular complexity index is 1270. The van der Waals surface area contributed by atoms with Crippen LogP contribution in [0.4, 0.5) is 5.69 Å². The van der Waals surface area contributed by atoms with Crippen molar-refractivity contribution in [3.8, 4) is 5.75 Å². The second-order valence-electron chi connectivity index (χ2n) is 7.50. The molecule has 0 radical (unpaired) electrons. The fourth-order valence-corrected chi connectivity index (χ4v) is 3.90. The molecular formula is C25H20N2O6. The third-order valence-corrected chi connectivity index (χ3v) is 5.48. The molecule has 0 aliphatic carbocycles. The lowest BCUT2D eigenvalue weighted by Gasteiger charge is -2.25. The minimum absolute atomic E-state index is 0.0909. The topological polar surface area (TPSA) is 110 Å². The van der Waals surface area contributed by atoms with E-state index in [4.69, 9.17) is 4.74 Å². The average molecular weight is 444 g/mol. The second kappa shape index (κ2) is 8.96. The Balaban J connectivity index is 1.90. The van der Waals surface area contributed by atoms with Gasteiger partial charge in [0.05, 0.1) is 23.6 Å². The highest BCUT2D eigenvalue weighted by Gasteiger charge is 2.46. The lowest BCUT2D eigenvalue weighted by Crippen LogP contribution is -2.29. The zero-order chi connectivity index (χ0) is 23.5. The van der Waals surface area contributed by atoms with Crippen LogP contribution in [0.5, 0.6) is 5.75 Å². The maximum Gasteiger partial charge on any atom is 0.295 e. The van der Waals surface area contributed by atoms with Crippen molar-refractivity contribution in [3.63, 3.8) is 0 Å². The van der Waals surface area contributed by atoms with Crippen molar-refractivity contribution < 1.29 is 24.4 Å². The number of benzene rings is 3. The van der Waals surface area contributed by atoms with Gasteiger partial charge in [0.2, 0.25) is 0 Å². The van der Waals surface area contributed by atoms with Crippen molar-refractivity contribution in [3.05, 3.63) is 111 Å². The van der Waals surface area contributed by atoms with Crippen LogP contribution >= 0.6 is 0 Å². The maximum absolute atomic E-state index is 13.1. The molecule has 8 heteroatoms. The molecule has 1 fully saturated rings. The van der Waals surface area contributed by atoms with Gasteiger partial charge >= 0.3 is 0 Å². The van der Waals surface area contributed by atoms with Crippen molar-refractivity contribution in [1.82, 2.24) is 4.90 Å². The molecule has 166 valence electrons. The number of amides is 1. The number of hydrogen-bond donors (Lipinski definition) is 1. The van der Waals surface area contributed by atoms with Crippen molar-refractivity contribution >= 4 is 23.1 Å². The summed E-state index contributed by atoms with van der Waals surface area (Å²) in [7, 11) is 1.47. The van der Waals surface area contributed by atoms with E-state index in [-0.39, 0.29) is 23.6 Å². The van der Waals surface area contributed by atoms with Crippen molar-refractivity contribution in [2.75, 3.05) is 7.11 Å². The second-order valence-corrected chi connectivity index (χ2v) is 7.50. The summed E-state index contributed by atoms with van der Waals surface area (Å²) in [6.07, 6.45) is 0. The highest BCUT2D eigenvalue weighted by Crippen LogP contribution is 2.41. The predicted octanol–water partition coefficient (Wildman–Crippen LogP) is 4.23. The summed E-state index contributed by atoms with van der Waals surface area (Å²) in [6.45, 7) is 0.0909. The molecule has 0 saturated carbocycles. The van der Waals surface area contributed by atoms with Crippen molar-refractivity contribution in [2.45, 2.75) is 12.6 Å². The smallest absolute Gasteiger partial charge is 0.295 e. The summed E-state index contributed by atoms with van der Waals surface area (Å²) in [5.41, 5.74) is 1.10. The molecule has 1 heterocycles. The molecule has 1 atom stereocenters. The number of nitrogens with zero attached hydrogens (tertiary/aromatic N) is 2. The normalized spacial score (nSPS) is 17.2. The Labute approximate surface area is 189 Å². The lowest BCUT2D eigenvalue weighted by molar-refractivity contribution is -0.384. The van der Waals surface area contributed by atoms with Crippen LogP contribution in [0.1, 0.15) is 22.7 Å². The number of nitro groups is 1. The van der Waals surface area contributed by atoms with Gasteiger partial charge in [-0.15, -0.1) is 0 Å². The Kier molecular flexibility index (Phi) is 5.91. The molecule has 1 N–H and O–H groups in total. The zero-order valence-corrected chi connectivity index (χ0v) is 17.7. The monoisotopic (exact) mass is 444 g/mol. The predicted molar refractivity (Wildman–Crippen MR) is 120 cm³/mol. The number of nitro benzene ring substituents is 1. The summed E-state index contributed by atoms with van der Waals surface area (Å²) in [4.78, 5) is 38.3. The lowest BCUT2D eigenvalue weighted by atomic mass is 9.94. The summed E-state index contributed by atoms with van der Waals surface area (Å²) >= 11 is 0. The highest BCUT2D eigenvalue weighted by molar-refractivity contribution is 6.46. The molecule has 0 spiro atoms. The number of non-ortho nitro benzene ring substituents is 1. The van der Waals surface area contributed by atoms with Crippen LogP contribution in [0.3, 0.4) is 0 Å². The van der Waals surface area contributed by atoms with Crippen molar-refractivity contribution in [2.24, 2.45) is 0 Å². The molecule has 3 aromatic rings. The van der Waals surface area contributed by atoms with Crippen LogP contribution in [0.15, 0.2) is 84.4 Å². The third kappa shape index (κ3) is 4.18. The molecule has 1 aliphatic heterocycles. The third-order valence-electron chi connectivity index (χ3n) is 5.48. The highest BCUT2D eigenvalue weighted by atomic mass is 16.6. The Morgan fingerprint density at radius 1 is 1.03 bits per heavy atom. The molecule has 4 rings (SSSR count). The van der Waals surface area contributed by atoms with E-state index in [0.717, 1.165) is 5.56 Å². The van der Waals surface area contributed by atoms with Crippen molar-refractivity contribution in [1.29, 1.82) is 0 Å². The van der Waals surface area contributed by atoms with Gasteiger partial charge < -0.3 is 14.7 Å². The minimum Gasteiger partial charge on any atom is -0.507 e. The number of aliphatic hydroxyl groups excluding tert-OH is 1. The van der Waals surface area contributed by atoms with Gasteiger partial charge in [-0.25, -0.2) is 0 Å². The molecule has 0 aromatic heterocycles. The molecule has 1 aliphatic rings. The van der Waals surface area contributed by atoms with Gasteiger partial charge in [0.15, 0.2) is 0 Å². The van der Waals surface area contributed by atoms with E-state index >= 15 is 0 Å². The van der Waals surface area contributed by atoms with E-state index in [2.05, 4.69) is 0 Å². The molecule has 1 unspecified atom stereocenters. The molecule has 8 nitrogen and oxygen atoms in total. The maximum atomic E-state index is 13.1. The fourth-order valence-electron chi connectivity index (χ4n) is 3.90. The molecule has 1 saturated heterocycles. The van der Waals surface area contributed by atoms with Gasteiger partial charge in [-0.1, -0.05) is 54.6 Å². The van der Waals surface area contributed by atoms with Gasteiger partial charge in [0.1, 0.15) is 11.5 Å². The van der Waals surface area contributed by atoms with E-state index in [0.29, 0.717) is 16.9 Å². The van der Waals surface area contributed by atoms with Crippen LogP contribution in [-0.4, -0.2) is 33.7 Å². The number of Topliss-reactive ketones (excluding diaryl/α,β-unsaturated/α-hetero) is 1. The Hall–Kier alpha value is -4.46. The summed E-state index contributed by atoms with van der Waals surface area (Å²) in [6, 6.07) is 20.3. The van der Waals surface area contributed by atoms with Gasteiger partial charge in [0, 0.05) is 24.2 Å². The van der Waals surface area contributed by atoms with Crippen LogP contribution in [0, 0.1) is 10.1 Å². The Morgan fingerprint density at radius 2 is 1.76 bits per heavy atom. The number of ether oxygens (including phenoxy) is 1. The van der Waals surface area contributed by atoms with E-state index in [1.54, 1.807) is 30.3 Å². The fraction of sp³-hybridized carbons (Fsp3) is 0.120. The molecule has 33 heavy (non-hydrogen) atoms. The number of ketones is 1. The number of likely N-dealkylation sites (tertiary alicyclic amines) is 1. The van der Waals surface area contributed by atoms with Gasteiger partial charge in [0.25, 0.3) is 17.4 Å². The van der Waals surface area contributed by atoms with E-state index in [9.17, 15) is 24.8 Å². The van der Waals surface area contributed by atoms with Gasteiger partial charge in [-0.05, 0) is 23.3 Å². The summed E-state index contributed by atoms with van der Waals surface area (Å²) in [5, 5.41) is 22.5. The first-order valence-electron chi connectivity index (χ1n) is 10.1. The molecule has 3 aromatic carbocycles. The molecule has 1 amide bonds. The number of carbonyl (C=O) groups excluding carboxylic acids is 2. The first-order valence-corrected chi connectivity index (χ1v) is 10.1. The number of aliphatic hydroxyl groups is 1. The van der Waals surface area contributed by atoms with Crippen LogP contribution < -0.4 is 4.74 Å². The van der Waals surface area contributed by atoms with Crippen LogP contribution in [0.2, 0.25) is 0 Å². The van der Waals surface area contributed by atoms with Gasteiger partial charge in [-0.2, -0.15) is 0 Å².